The van der Waals surface area contributed by atoms with Crippen molar-refractivity contribution in [1.29, 1.82) is 0 Å². The largest absolute Gasteiger partial charge is 0.375 e. The summed E-state index contributed by atoms with van der Waals surface area (Å²) in [6.07, 6.45) is 0. The van der Waals surface area contributed by atoms with Crippen molar-refractivity contribution in [3.8, 4) is 0 Å². The summed E-state index contributed by atoms with van der Waals surface area (Å²) in [5.74, 6) is 0.132. The lowest BCUT2D eigenvalue weighted by Crippen LogP contribution is -2.14. The van der Waals surface area contributed by atoms with Crippen molar-refractivity contribution >= 4 is 16.6 Å². The maximum Gasteiger partial charge on any atom is 0.258 e. The molecule has 2 aromatic carbocycles. The lowest BCUT2D eigenvalue weighted by Gasteiger charge is -2.07. The number of rotatable bonds is 3. The Bertz CT molecular complexity index is 813. The van der Waals surface area contributed by atoms with Gasteiger partial charge in [-0.3, -0.25) is 4.79 Å². The lowest BCUT2D eigenvalue weighted by atomic mass is 10.2. The monoisotopic (exact) mass is 269 g/mol. The second-order valence-electron chi connectivity index (χ2n) is 4.36. The molecule has 1 heterocycles. The van der Waals surface area contributed by atoms with Crippen LogP contribution in [0.15, 0.2) is 53.3 Å². The van der Waals surface area contributed by atoms with Crippen LogP contribution in [0.5, 0.6) is 0 Å². The smallest absolute Gasteiger partial charge is 0.258 e. The van der Waals surface area contributed by atoms with Gasteiger partial charge in [-0.15, -0.1) is 0 Å². The zero-order valence-corrected chi connectivity index (χ0v) is 10.6. The average Bonchev–Trinajstić information content (AvgIpc) is 2.46. The van der Waals surface area contributed by atoms with Crippen LogP contribution in [0.1, 0.15) is 5.82 Å². The molecule has 0 aliphatic carbocycles. The minimum absolute atomic E-state index is 0.194. The van der Waals surface area contributed by atoms with Crippen LogP contribution in [-0.2, 0) is 6.54 Å². The highest BCUT2D eigenvalue weighted by Gasteiger charge is 2.04. The zero-order chi connectivity index (χ0) is 13.9. The summed E-state index contributed by atoms with van der Waals surface area (Å²) in [7, 11) is 0. The molecule has 0 bridgehead atoms. The minimum atomic E-state index is -0.337. The van der Waals surface area contributed by atoms with Crippen molar-refractivity contribution in [3.05, 3.63) is 70.5 Å². The highest BCUT2D eigenvalue weighted by atomic mass is 19.1. The van der Waals surface area contributed by atoms with Crippen LogP contribution < -0.4 is 10.9 Å². The molecule has 5 heteroatoms. The van der Waals surface area contributed by atoms with E-state index in [0.29, 0.717) is 22.4 Å². The molecule has 3 aromatic rings. The Hall–Kier alpha value is -2.69. The van der Waals surface area contributed by atoms with E-state index in [1.165, 1.54) is 6.07 Å². The van der Waals surface area contributed by atoms with Crippen LogP contribution in [-0.4, -0.2) is 9.97 Å². The van der Waals surface area contributed by atoms with Gasteiger partial charge < -0.3 is 10.3 Å². The van der Waals surface area contributed by atoms with Crippen LogP contribution in [0, 0.1) is 5.82 Å². The second kappa shape index (κ2) is 5.13. The molecule has 0 aliphatic rings. The molecule has 3 rings (SSSR count). The number of nitrogens with one attached hydrogen (secondary N) is 2. The Morgan fingerprint density at radius 1 is 1.10 bits per heavy atom. The number of para-hydroxylation sites is 2. The number of fused-ring (bicyclic) bond motifs is 1. The number of benzene rings is 2. The maximum atomic E-state index is 13.5. The van der Waals surface area contributed by atoms with Crippen molar-refractivity contribution in [2.45, 2.75) is 6.54 Å². The summed E-state index contributed by atoms with van der Waals surface area (Å²) >= 11 is 0. The van der Waals surface area contributed by atoms with Gasteiger partial charge in [0.2, 0.25) is 0 Å². The molecule has 0 spiro atoms. The molecule has 0 amide bonds. The SMILES string of the molecule is O=c1[nH]c(CNc2ccccc2F)nc2ccccc12. The fraction of sp³-hybridized carbons (Fsp3) is 0.0667. The van der Waals surface area contributed by atoms with E-state index < -0.39 is 0 Å². The second-order valence-corrected chi connectivity index (χ2v) is 4.36. The van der Waals surface area contributed by atoms with Gasteiger partial charge in [0.05, 0.1) is 23.1 Å². The molecule has 0 aliphatic heterocycles. The summed E-state index contributed by atoms with van der Waals surface area (Å²) in [6, 6.07) is 13.5. The Balaban J connectivity index is 1.88. The highest BCUT2D eigenvalue weighted by Crippen LogP contribution is 2.13. The van der Waals surface area contributed by atoms with Gasteiger partial charge in [-0.05, 0) is 24.3 Å². The zero-order valence-electron chi connectivity index (χ0n) is 10.6. The molecule has 0 fully saturated rings. The van der Waals surface area contributed by atoms with E-state index >= 15 is 0 Å². The van der Waals surface area contributed by atoms with Crippen molar-refractivity contribution < 1.29 is 4.39 Å². The predicted octanol–water partition coefficient (Wildman–Crippen LogP) is 2.67. The molecule has 100 valence electrons. The molecule has 20 heavy (non-hydrogen) atoms. The quantitative estimate of drug-likeness (QED) is 0.768. The summed E-state index contributed by atoms with van der Waals surface area (Å²) in [6.45, 7) is 0.251. The summed E-state index contributed by atoms with van der Waals surface area (Å²) in [4.78, 5) is 18.9. The standard InChI is InChI=1S/C15H12FN3O/c16-11-6-2-4-8-13(11)17-9-14-18-12-7-3-1-5-10(12)15(20)19-14/h1-8,17H,9H2,(H,18,19,20). The molecule has 4 nitrogen and oxygen atoms in total. The molecule has 1 aromatic heterocycles. The van der Waals surface area contributed by atoms with Crippen LogP contribution in [0.3, 0.4) is 0 Å². The normalized spacial score (nSPS) is 10.7. The topological polar surface area (TPSA) is 57.8 Å². The average molecular weight is 269 g/mol. The summed E-state index contributed by atoms with van der Waals surface area (Å²) < 4.78 is 13.5. The van der Waals surface area contributed by atoms with Gasteiger partial charge in [0.25, 0.3) is 5.56 Å². The van der Waals surface area contributed by atoms with E-state index in [9.17, 15) is 9.18 Å². The van der Waals surface area contributed by atoms with Gasteiger partial charge in [-0.2, -0.15) is 0 Å². The summed E-state index contributed by atoms with van der Waals surface area (Å²) in [5, 5.41) is 3.46. The molecule has 0 unspecified atom stereocenters. The molecular formula is C15H12FN3O. The number of hydrogen-bond acceptors (Lipinski definition) is 3. The van der Waals surface area contributed by atoms with Gasteiger partial charge in [0, 0.05) is 0 Å². The fourth-order valence-electron chi connectivity index (χ4n) is 2.00. The van der Waals surface area contributed by atoms with Gasteiger partial charge >= 0.3 is 0 Å². The van der Waals surface area contributed by atoms with Crippen LogP contribution in [0.4, 0.5) is 10.1 Å². The number of hydrogen-bond donors (Lipinski definition) is 2. The molecule has 0 radical (unpaired) electrons. The number of anilines is 1. The van der Waals surface area contributed by atoms with Crippen molar-refractivity contribution in [2.24, 2.45) is 0 Å². The number of nitrogens with zero attached hydrogens (tertiary/aromatic N) is 1. The van der Waals surface area contributed by atoms with Gasteiger partial charge in [-0.25, -0.2) is 9.37 Å². The van der Waals surface area contributed by atoms with Crippen molar-refractivity contribution in [1.82, 2.24) is 9.97 Å². The van der Waals surface area contributed by atoms with E-state index in [4.69, 9.17) is 0 Å². The highest BCUT2D eigenvalue weighted by molar-refractivity contribution is 5.77. The van der Waals surface area contributed by atoms with E-state index in [1.54, 1.807) is 36.4 Å². The first-order chi connectivity index (χ1) is 9.74. The number of aromatic amines is 1. The van der Waals surface area contributed by atoms with Crippen LogP contribution in [0.2, 0.25) is 0 Å². The molecule has 2 N–H and O–H groups in total. The maximum absolute atomic E-state index is 13.5. The summed E-state index contributed by atoms with van der Waals surface area (Å²) in [5.41, 5.74) is 0.811. The first-order valence-corrected chi connectivity index (χ1v) is 6.20. The Morgan fingerprint density at radius 3 is 2.70 bits per heavy atom. The van der Waals surface area contributed by atoms with Crippen molar-refractivity contribution in [3.63, 3.8) is 0 Å². The van der Waals surface area contributed by atoms with Gasteiger partial charge in [0.15, 0.2) is 0 Å². The molecule has 0 atom stereocenters. The Morgan fingerprint density at radius 2 is 1.85 bits per heavy atom. The fourth-order valence-corrected chi connectivity index (χ4v) is 2.00. The molecular weight excluding hydrogens is 257 g/mol. The Kier molecular flexibility index (Phi) is 3.16. The van der Waals surface area contributed by atoms with Crippen LogP contribution >= 0.6 is 0 Å². The Labute approximate surface area is 114 Å². The van der Waals surface area contributed by atoms with E-state index in [1.807, 2.05) is 6.07 Å². The molecule has 0 saturated heterocycles. The van der Waals surface area contributed by atoms with E-state index in [2.05, 4.69) is 15.3 Å². The third kappa shape index (κ3) is 2.38. The van der Waals surface area contributed by atoms with Crippen LogP contribution in [0.25, 0.3) is 10.9 Å². The lowest BCUT2D eigenvalue weighted by molar-refractivity contribution is 0.630. The number of H-pyrrole nitrogens is 1. The third-order valence-corrected chi connectivity index (χ3v) is 2.98. The van der Waals surface area contributed by atoms with E-state index in [0.717, 1.165) is 0 Å². The van der Waals surface area contributed by atoms with Crippen molar-refractivity contribution in [2.75, 3.05) is 5.32 Å². The number of aromatic nitrogens is 2. The predicted molar refractivity (Wildman–Crippen MR) is 76.1 cm³/mol. The molecule has 0 saturated carbocycles. The van der Waals surface area contributed by atoms with Gasteiger partial charge in [-0.1, -0.05) is 24.3 Å². The van der Waals surface area contributed by atoms with Gasteiger partial charge in [0.1, 0.15) is 11.6 Å². The third-order valence-electron chi connectivity index (χ3n) is 2.98. The number of halogens is 1. The van der Waals surface area contributed by atoms with E-state index in [-0.39, 0.29) is 17.9 Å². The first-order valence-electron chi connectivity index (χ1n) is 6.20. The first kappa shape index (κ1) is 12.3. The minimum Gasteiger partial charge on any atom is -0.375 e.